The van der Waals surface area contributed by atoms with E-state index < -0.39 is 0 Å². The lowest BCUT2D eigenvalue weighted by Crippen LogP contribution is -2.36. The molecule has 1 aromatic rings. The summed E-state index contributed by atoms with van der Waals surface area (Å²) in [6.45, 7) is 6.29. The van der Waals surface area contributed by atoms with Crippen molar-refractivity contribution in [1.29, 1.82) is 0 Å². The second-order valence-corrected chi connectivity index (χ2v) is 7.49. The first-order chi connectivity index (χ1) is 9.74. The van der Waals surface area contributed by atoms with Gasteiger partial charge in [-0.2, -0.15) is 0 Å². The third kappa shape index (κ3) is 3.23. The average Bonchev–Trinajstić information content (AvgIpc) is 2.89. The molecular formula is C16H26N2OS. The Kier molecular flexibility index (Phi) is 4.74. The molecule has 1 atom stereocenters. The number of thiazole rings is 1. The van der Waals surface area contributed by atoms with E-state index >= 15 is 0 Å². The summed E-state index contributed by atoms with van der Waals surface area (Å²) in [5.74, 6) is 0.679. The van der Waals surface area contributed by atoms with E-state index in [0.29, 0.717) is 18.0 Å². The van der Waals surface area contributed by atoms with Crippen LogP contribution in [0.15, 0.2) is 0 Å². The molecule has 2 aliphatic rings. The normalized spacial score (nSPS) is 21.9. The molecule has 1 unspecified atom stereocenters. The zero-order valence-electron chi connectivity index (χ0n) is 12.7. The second kappa shape index (κ2) is 6.54. The average molecular weight is 294 g/mol. The second-order valence-electron chi connectivity index (χ2n) is 6.38. The van der Waals surface area contributed by atoms with E-state index in [0.717, 1.165) is 26.1 Å². The highest BCUT2D eigenvalue weighted by molar-refractivity contribution is 7.11. The SMILES string of the molecule is CC(C)NC(c1nc2c(s1)CCCC2)C1CCOCC1. The molecule has 1 fully saturated rings. The summed E-state index contributed by atoms with van der Waals surface area (Å²) in [7, 11) is 0. The molecule has 0 aromatic carbocycles. The summed E-state index contributed by atoms with van der Waals surface area (Å²) in [6.07, 6.45) is 7.41. The summed E-state index contributed by atoms with van der Waals surface area (Å²) in [5, 5.41) is 5.10. The summed E-state index contributed by atoms with van der Waals surface area (Å²) in [4.78, 5) is 6.54. The minimum atomic E-state index is 0.425. The van der Waals surface area contributed by atoms with Gasteiger partial charge in [-0.05, 0) is 44.4 Å². The first-order valence-electron chi connectivity index (χ1n) is 8.06. The van der Waals surface area contributed by atoms with Crippen molar-refractivity contribution >= 4 is 11.3 Å². The molecule has 2 heterocycles. The molecule has 20 heavy (non-hydrogen) atoms. The predicted octanol–water partition coefficient (Wildman–Crippen LogP) is 3.49. The van der Waals surface area contributed by atoms with Crippen LogP contribution in [0.2, 0.25) is 0 Å². The van der Waals surface area contributed by atoms with Crippen LogP contribution >= 0.6 is 11.3 Å². The van der Waals surface area contributed by atoms with Crippen molar-refractivity contribution in [2.24, 2.45) is 5.92 Å². The zero-order chi connectivity index (χ0) is 13.9. The maximum Gasteiger partial charge on any atom is 0.110 e. The van der Waals surface area contributed by atoms with Crippen LogP contribution in [0.3, 0.4) is 0 Å². The first kappa shape index (κ1) is 14.5. The van der Waals surface area contributed by atoms with Gasteiger partial charge < -0.3 is 10.1 Å². The molecule has 1 aliphatic heterocycles. The van der Waals surface area contributed by atoms with E-state index in [4.69, 9.17) is 9.72 Å². The number of ether oxygens (including phenoxy) is 1. The van der Waals surface area contributed by atoms with Crippen molar-refractivity contribution < 1.29 is 4.74 Å². The van der Waals surface area contributed by atoms with Gasteiger partial charge in [0.15, 0.2) is 0 Å². The monoisotopic (exact) mass is 294 g/mol. The fraction of sp³-hybridized carbons (Fsp3) is 0.812. The highest BCUT2D eigenvalue weighted by atomic mass is 32.1. The molecule has 1 N–H and O–H groups in total. The zero-order valence-corrected chi connectivity index (χ0v) is 13.5. The smallest absolute Gasteiger partial charge is 0.110 e. The summed E-state index contributed by atoms with van der Waals surface area (Å²) in [5.41, 5.74) is 1.39. The molecule has 1 aliphatic carbocycles. The van der Waals surface area contributed by atoms with Gasteiger partial charge in [-0.25, -0.2) is 4.98 Å². The van der Waals surface area contributed by atoms with Crippen LogP contribution in [0.25, 0.3) is 0 Å². The standard InChI is InChI=1S/C16H26N2OS/c1-11(2)17-15(12-7-9-19-10-8-12)16-18-13-5-3-4-6-14(13)20-16/h11-12,15,17H,3-10H2,1-2H3. The van der Waals surface area contributed by atoms with Gasteiger partial charge in [-0.15, -0.1) is 11.3 Å². The number of aromatic nitrogens is 1. The van der Waals surface area contributed by atoms with Crippen molar-refractivity contribution in [3.63, 3.8) is 0 Å². The molecule has 0 radical (unpaired) electrons. The lowest BCUT2D eigenvalue weighted by Gasteiger charge is -2.31. The van der Waals surface area contributed by atoms with Crippen LogP contribution < -0.4 is 5.32 Å². The van der Waals surface area contributed by atoms with Gasteiger partial charge in [0, 0.05) is 24.1 Å². The minimum Gasteiger partial charge on any atom is -0.381 e. The van der Waals surface area contributed by atoms with Gasteiger partial charge in [0.2, 0.25) is 0 Å². The Morgan fingerprint density at radius 3 is 2.65 bits per heavy atom. The maximum absolute atomic E-state index is 5.53. The molecule has 0 spiro atoms. The molecule has 0 amide bonds. The highest BCUT2D eigenvalue weighted by Gasteiger charge is 2.29. The number of nitrogens with zero attached hydrogens (tertiary/aromatic N) is 1. The van der Waals surface area contributed by atoms with Gasteiger partial charge in [0.1, 0.15) is 5.01 Å². The fourth-order valence-electron chi connectivity index (χ4n) is 3.32. The van der Waals surface area contributed by atoms with Crippen LogP contribution in [0.4, 0.5) is 0 Å². The van der Waals surface area contributed by atoms with Gasteiger partial charge in [-0.1, -0.05) is 13.8 Å². The third-order valence-corrected chi connectivity index (χ3v) is 5.62. The van der Waals surface area contributed by atoms with Crippen molar-refractivity contribution in [2.75, 3.05) is 13.2 Å². The van der Waals surface area contributed by atoms with E-state index in [2.05, 4.69) is 19.2 Å². The van der Waals surface area contributed by atoms with E-state index in [1.54, 1.807) is 4.88 Å². The van der Waals surface area contributed by atoms with Gasteiger partial charge in [0.05, 0.1) is 11.7 Å². The van der Waals surface area contributed by atoms with Crippen LogP contribution in [0.5, 0.6) is 0 Å². The first-order valence-corrected chi connectivity index (χ1v) is 8.88. The minimum absolute atomic E-state index is 0.425. The quantitative estimate of drug-likeness (QED) is 0.923. The number of rotatable bonds is 4. The number of nitrogens with one attached hydrogen (secondary N) is 1. The Labute approximate surface area is 126 Å². The lowest BCUT2D eigenvalue weighted by molar-refractivity contribution is 0.0524. The lowest BCUT2D eigenvalue weighted by atomic mass is 9.91. The molecular weight excluding hydrogens is 268 g/mol. The van der Waals surface area contributed by atoms with Gasteiger partial charge in [-0.3, -0.25) is 0 Å². The summed E-state index contributed by atoms with van der Waals surface area (Å²) < 4.78 is 5.53. The molecule has 1 saturated heterocycles. The van der Waals surface area contributed by atoms with Gasteiger partial charge >= 0.3 is 0 Å². The van der Waals surface area contributed by atoms with Crippen molar-refractivity contribution in [1.82, 2.24) is 10.3 Å². The summed E-state index contributed by atoms with van der Waals surface area (Å²) >= 11 is 1.96. The molecule has 1 aromatic heterocycles. The predicted molar refractivity (Wildman–Crippen MR) is 83.3 cm³/mol. The van der Waals surface area contributed by atoms with Crippen molar-refractivity contribution in [3.8, 4) is 0 Å². The Hall–Kier alpha value is -0.450. The Bertz CT molecular complexity index is 414. The number of hydrogen-bond acceptors (Lipinski definition) is 4. The van der Waals surface area contributed by atoms with Gasteiger partial charge in [0.25, 0.3) is 0 Å². The Balaban J connectivity index is 1.81. The van der Waals surface area contributed by atoms with Crippen LogP contribution in [0, 0.1) is 5.92 Å². The van der Waals surface area contributed by atoms with E-state index in [9.17, 15) is 0 Å². The van der Waals surface area contributed by atoms with E-state index in [1.807, 2.05) is 11.3 Å². The number of aryl methyl sites for hydroxylation is 2. The van der Waals surface area contributed by atoms with Crippen LogP contribution in [-0.4, -0.2) is 24.2 Å². The Morgan fingerprint density at radius 2 is 1.95 bits per heavy atom. The van der Waals surface area contributed by atoms with E-state index in [-0.39, 0.29) is 0 Å². The molecule has 0 bridgehead atoms. The third-order valence-electron chi connectivity index (χ3n) is 4.38. The topological polar surface area (TPSA) is 34.2 Å². The van der Waals surface area contributed by atoms with E-state index in [1.165, 1.54) is 36.4 Å². The van der Waals surface area contributed by atoms with Crippen LogP contribution in [0.1, 0.15) is 61.2 Å². The molecule has 3 rings (SSSR count). The fourth-order valence-corrected chi connectivity index (χ4v) is 4.63. The maximum atomic E-state index is 5.53. The van der Waals surface area contributed by atoms with Crippen LogP contribution in [-0.2, 0) is 17.6 Å². The molecule has 0 saturated carbocycles. The molecule has 112 valence electrons. The Morgan fingerprint density at radius 1 is 1.20 bits per heavy atom. The van der Waals surface area contributed by atoms with Crippen molar-refractivity contribution in [3.05, 3.63) is 15.6 Å². The highest BCUT2D eigenvalue weighted by Crippen LogP contribution is 2.36. The van der Waals surface area contributed by atoms with Crippen molar-refractivity contribution in [2.45, 2.75) is 64.5 Å². The number of hydrogen-bond donors (Lipinski definition) is 1. The summed E-state index contributed by atoms with van der Waals surface area (Å²) in [6, 6.07) is 0.929. The molecule has 3 nitrogen and oxygen atoms in total. The molecule has 4 heteroatoms. The number of fused-ring (bicyclic) bond motifs is 1. The largest absolute Gasteiger partial charge is 0.381 e.